The molecular formula is C13H11BrN2O2. The topological polar surface area (TPSA) is 44.1 Å². The Morgan fingerprint density at radius 2 is 2.39 bits per heavy atom. The highest BCUT2D eigenvalue weighted by molar-refractivity contribution is 9.10. The quantitative estimate of drug-likeness (QED) is 0.818. The van der Waals surface area contributed by atoms with Crippen LogP contribution in [-0.4, -0.2) is 22.4 Å². The molecule has 92 valence electrons. The Morgan fingerprint density at radius 3 is 3.17 bits per heavy atom. The summed E-state index contributed by atoms with van der Waals surface area (Å²) in [6.45, 7) is 1.39. The molecule has 0 fully saturated rings. The van der Waals surface area contributed by atoms with Crippen molar-refractivity contribution in [3.63, 3.8) is 0 Å². The minimum Gasteiger partial charge on any atom is -0.493 e. The van der Waals surface area contributed by atoms with Crippen molar-refractivity contribution >= 4 is 22.2 Å². The first kappa shape index (κ1) is 11.5. The Morgan fingerprint density at radius 1 is 1.50 bits per heavy atom. The van der Waals surface area contributed by atoms with Crippen molar-refractivity contribution in [3.05, 3.63) is 46.0 Å². The third kappa shape index (κ3) is 2.06. The van der Waals surface area contributed by atoms with Gasteiger partial charge in [-0.15, -0.1) is 0 Å². The number of fused-ring (bicyclic) bond motifs is 1. The predicted molar refractivity (Wildman–Crippen MR) is 70.1 cm³/mol. The summed E-state index contributed by atoms with van der Waals surface area (Å²) in [6, 6.07) is 4.14. The highest BCUT2D eigenvalue weighted by Crippen LogP contribution is 2.33. The maximum absolute atomic E-state index is 10.6. The second kappa shape index (κ2) is 4.57. The van der Waals surface area contributed by atoms with Crippen molar-refractivity contribution in [1.29, 1.82) is 0 Å². The number of nitrogens with zero attached hydrogens (tertiary/aromatic N) is 2. The lowest BCUT2D eigenvalue weighted by Crippen LogP contribution is -1.99. The van der Waals surface area contributed by atoms with Crippen molar-refractivity contribution in [3.8, 4) is 5.75 Å². The number of aldehydes is 1. The van der Waals surface area contributed by atoms with Gasteiger partial charge in [0.15, 0.2) is 6.29 Å². The van der Waals surface area contributed by atoms with Crippen molar-refractivity contribution < 1.29 is 9.53 Å². The molecule has 3 rings (SSSR count). The molecule has 0 N–H and O–H groups in total. The van der Waals surface area contributed by atoms with Crippen molar-refractivity contribution in [2.45, 2.75) is 13.0 Å². The van der Waals surface area contributed by atoms with E-state index in [4.69, 9.17) is 4.74 Å². The zero-order valence-electron chi connectivity index (χ0n) is 9.60. The maximum Gasteiger partial charge on any atom is 0.169 e. The molecule has 1 aromatic carbocycles. The van der Waals surface area contributed by atoms with Crippen LogP contribution in [0.4, 0.5) is 0 Å². The zero-order chi connectivity index (χ0) is 12.5. The standard InChI is InChI=1S/C13H11BrN2O2/c14-11-3-9-1-2-18-13(9)10(4-11)5-16-6-12(7-17)15-8-16/h3-4,6-8H,1-2,5H2. The van der Waals surface area contributed by atoms with E-state index in [9.17, 15) is 4.79 Å². The molecule has 1 aliphatic rings. The first-order chi connectivity index (χ1) is 8.76. The fourth-order valence-corrected chi connectivity index (χ4v) is 2.74. The Balaban J connectivity index is 1.95. The van der Waals surface area contributed by atoms with Gasteiger partial charge >= 0.3 is 0 Å². The van der Waals surface area contributed by atoms with E-state index in [1.54, 1.807) is 12.5 Å². The van der Waals surface area contributed by atoms with E-state index < -0.39 is 0 Å². The predicted octanol–water partition coefficient (Wildman–Crippen LogP) is 2.44. The number of hydrogen-bond acceptors (Lipinski definition) is 3. The van der Waals surface area contributed by atoms with Crippen molar-refractivity contribution in [1.82, 2.24) is 9.55 Å². The molecule has 0 radical (unpaired) electrons. The smallest absolute Gasteiger partial charge is 0.169 e. The molecule has 0 saturated heterocycles. The minimum atomic E-state index is 0.447. The van der Waals surface area contributed by atoms with Crippen LogP contribution < -0.4 is 4.74 Å². The molecule has 0 saturated carbocycles. The van der Waals surface area contributed by atoms with Gasteiger partial charge in [-0.2, -0.15) is 0 Å². The fourth-order valence-electron chi connectivity index (χ4n) is 2.18. The van der Waals surface area contributed by atoms with Gasteiger partial charge < -0.3 is 9.30 Å². The third-order valence-corrected chi connectivity index (χ3v) is 3.41. The number of rotatable bonds is 3. The van der Waals surface area contributed by atoms with Crippen LogP contribution in [0, 0.1) is 0 Å². The van der Waals surface area contributed by atoms with Crippen LogP contribution in [0.5, 0.6) is 5.75 Å². The minimum absolute atomic E-state index is 0.447. The summed E-state index contributed by atoms with van der Waals surface area (Å²) in [7, 11) is 0. The number of halogens is 1. The lowest BCUT2D eigenvalue weighted by atomic mass is 10.1. The van der Waals surface area contributed by atoms with E-state index in [-0.39, 0.29) is 0 Å². The molecule has 18 heavy (non-hydrogen) atoms. The monoisotopic (exact) mass is 306 g/mol. The molecule has 0 aliphatic carbocycles. The summed E-state index contributed by atoms with van der Waals surface area (Å²) >= 11 is 3.51. The fraction of sp³-hybridized carbons (Fsp3) is 0.231. The molecule has 0 unspecified atom stereocenters. The van der Waals surface area contributed by atoms with Crippen LogP contribution >= 0.6 is 15.9 Å². The van der Waals surface area contributed by atoms with Crippen LogP contribution in [0.3, 0.4) is 0 Å². The van der Waals surface area contributed by atoms with Gasteiger partial charge in [0, 0.05) is 22.7 Å². The summed E-state index contributed by atoms with van der Waals surface area (Å²) in [5.74, 6) is 0.972. The highest BCUT2D eigenvalue weighted by atomic mass is 79.9. The zero-order valence-corrected chi connectivity index (χ0v) is 11.2. The third-order valence-electron chi connectivity index (χ3n) is 2.95. The SMILES string of the molecule is O=Cc1cn(Cc2cc(Br)cc3c2OCC3)cn1. The Hall–Kier alpha value is -1.62. The number of imidazole rings is 1. The number of carbonyl (C=O) groups is 1. The van der Waals surface area contributed by atoms with Gasteiger partial charge in [-0.25, -0.2) is 4.98 Å². The summed E-state index contributed by atoms with van der Waals surface area (Å²) in [5.41, 5.74) is 2.78. The van der Waals surface area contributed by atoms with Crippen molar-refractivity contribution in [2.75, 3.05) is 6.61 Å². The Bertz CT molecular complexity index is 607. The highest BCUT2D eigenvalue weighted by Gasteiger charge is 2.17. The normalized spacial score (nSPS) is 13.2. The van der Waals surface area contributed by atoms with Gasteiger partial charge in [-0.3, -0.25) is 4.79 Å². The molecule has 0 amide bonds. The summed E-state index contributed by atoms with van der Waals surface area (Å²) in [6.07, 6.45) is 5.09. The molecule has 1 aliphatic heterocycles. The first-order valence-corrected chi connectivity index (χ1v) is 6.46. The first-order valence-electron chi connectivity index (χ1n) is 5.67. The van der Waals surface area contributed by atoms with E-state index in [1.807, 2.05) is 10.6 Å². The van der Waals surface area contributed by atoms with Gasteiger partial charge in [0.25, 0.3) is 0 Å². The molecular weight excluding hydrogens is 296 g/mol. The molecule has 0 bridgehead atoms. The number of benzene rings is 1. The van der Waals surface area contributed by atoms with Gasteiger partial charge in [-0.1, -0.05) is 15.9 Å². The summed E-state index contributed by atoms with van der Waals surface area (Å²) in [4.78, 5) is 14.6. The Labute approximate surface area is 113 Å². The molecule has 0 spiro atoms. The van der Waals surface area contributed by atoms with E-state index in [0.717, 1.165) is 35.1 Å². The second-order valence-corrected chi connectivity index (χ2v) is 5.16. The lowest BCUT2D eigenvalue weighted by molar-refractivity contribution is 0.111. The van der Waals surface area contributed by atoms with Crippen LogP contribution in [0.1, 0.15) is 21.6 Å². The second-order valence-electron chi connectivity index (χ2n) is 4.24. The van der Waals surface area contributed by atoms with E-state index in [1.165, 1.54) is 5.56 Å². The van der Waals surface area contributed by atoms with E-state index in [2.05, 4.69) is 27.0 Å². The molecule has 2 aromatic rings. The molecule has 4 nitrogen and oxygen atoms in total. The summed E-state index contributed by atoms with van der Waals surface area (Å²) in [5, 5.41) is 0. The van der Waals surface area contributed by atoms with Gasteiger partial charge in [0.05, 0.1) is 19.5 Å². The summed E-state index contributed by atoms with van der Waals surface area (Å²) < 4.78 is 8.60. The largest absolute Gasteiger partial charge is 0.493 e. The van der Waals surface area contributed by atoms with E-state index in [0.29, 0.717) is 12.2 Å². The molecule has 5 heteroatoms. The maximum atomic E-state index is 10.6. The molecule has 2 heterocycles. The number of hydrogen-bond donors (Lipinski definition) is 0. The van der Waals surface area contributed by atoms with Crippen LogP contribution in [-0.2, 0) is 13.0 Å². The van der Waals surface area contributed by atoms with Crippen molar-refractivity contribution in [2.24, 2.45) is 0 Å². The molecule has 1 aromatic heterocycles. The van der Waals surface area contributed by atoms with Crippen LogP contribution in [0.15, 0.2) is 29.1 Å². The average Bonchev–Trinajstić information content (AvgIpc) is 2.97. The van der Waals surface area contributed by atoms with Gasteiger partial charge in [-0.05, 0) is 17.7 Å². The number of aromatic nitrogens is 2. The lowest BCUT2D eigenvalue weighted by Gasteiger charge is -2.09. The molecule has 0 atom stereocenters. The number of carbonyl (C=O) groups excluding carboxylic acids is 1. The van der Waals surface area contributed by atoms with Crippen LogP contribution in [0.25, 0.3) is 0 Å². The van der Waals surface area contributed by atoms with E-state index >= 15 is 0 Å². The van der Waals surface area contributed by atoms with Gasteiger partial charge in [0.2, 0.25) is 0 Å². The van der Waals surface area contributed by atoms with Crippen LogP contribution in [0.2, 0.25) is 0 Å². The Kier molecular flexibility index (Phi) is 2.91. The average molecular weight is 307 g/mol. The van der Waals surface area contributed by atoms with Gasteiger partial charge in [0.1, 0.15) is 11.4 Å². The number of ether oxygens (including phenoxy) is 1.